The van der Waals surface area contributed by atoms with Crippen LogP contribution in [0.15, 0.2) is 42.5 Å². The quantitative estimate of drug-likeness (QED) is 0.436. The van der Waals surface area contributed by atoms with Crippen molar-refractivity contribution < 1.29 is 33.4 Å². The Morgan fingerprint density at radius 1 is 1.16 bits per heavy atom. The predicted molar refractivity (Wildman–Crippen MR) is 132 cm³/mol. The van der Waals surface area contributed by atoms with E-state index in [1.165, 1.54) is 17.0 Å². The molecule has 2 aliphatic heterocycles. The second-order valence-corrected chi connectivity index (χ2v) is 9.31. The van der Waals surface area contributed by atoms with Crippen molar-refractivity contribution in [2.75, 3.05) is 37.7 Å². The van der Waals surface area contributed by atoms with E-state index in [0.717, 1.165) is 11.6 Å². The molecule has 10 nitrogen and oxygen atoms in total. The lowest BCUT2D eigenvalue weighted by Crippen LogP contribution is -2.46. The van der Waals surface area contributed by atoms with Crippen LogP contribution >= 0.6 is 11.6 Å². The molecule has 0 aliphatic carbocycles. The summed E-state index contributed by atoms with van der Waals surface area (Å²) < 4.78 is 23.8. The molecule has 0 spiro atoms. The lowest BCUT2D eigenvalue weighted by molar-refractivity contribution is -0.175. The number of nitrogens with one attached hydrogen (secondary N) is 2. The van der Waals surface area contributed by atoms with E-state index in [-0.39, 0.29) is 30.4 Å². The number of nitrogens with zero attached hydrogens (tertiary/aromatic N) is 2. The van der Waals surface area contributed by atoms with Gasteiger partial charge < -0.3 is 34.7 Å². The van der Waals surface area contributed by atoms with Crippen LogP contribution in [-0.2, 0) is 20.8 Å². The molecule has 3 N–H and O–H groups in total. The van der Waals surface area contributed by atoms with Crippen molar-refractivity contribution >= 4 is 46.1 Å². The Hall–Kier alpha value is -3.67. The molecule has 0 radical (unpaired) electrons. The number of fused-ring (bicyclic) bond motifs is 1. The van der Waals surface area contributed by atoms with Gasteiger partial charge in [-0.25, -0.2) is 9.18 Å². The SMILES string of the molecule is O=C(NCc1cc(F)cc(Cl)c1)O[C@@]1(O)CCN(c2ccc3[nH]c(C(=O)N4CCOCC4)cc3c2)C1=O. The smallest absolute Gasteiger partial charge is 0.407 e. The minimum atomic E-state index is -2.35. The second kappa shape index (κ2) is 10.0. The van der Waals surface area contributed by atoms with Gasteiger partial charge in [-0.2, -0.15) is 0 Å². The highest BCUT2D eigenvalue weighted by molar-refractivity contribution is 6.30. The van der Waals surface area contributed by atoms with E-state index >= 15 is 0 Å². The number of ether oxygens (including phenoxy) is 2. The standard InChI is InChI=1S/C25H24ClFN4O6/c26-17-9-15(10-18(27)13-17)14-28-24(34)37-25(35)3-4-31(23(25)33)19-1-2-20-16(11-19)12-21(29-20)22(32)30-5-7-36-8-6-30/h1-2,9-13,29,35H,3-8,14H2,(H,28,34)/t25-/m0/s1. The number of benzene rings is 2. The number of amides is 3. The number of carbonyl (C=O) groups is 3. The molecule has 3 heterocycles. The molecule has 3 amide bonds. The molecular formula is C25H24ClFN4O6. The molecule has 5 rings (SSSR count). The van der Waals surface area contributed by atoms with Crippen LogP contribution in [0.4, 0.5) is 14.9 Å². The monoisotopic (exact) mass is 530 g/mol. The van der Waals surface area contributed by atoms with Gasteiger partial charge in [-0.3, -0.25) is 9.59 Å². The highest BCUT2D eigenvalue weighted by Crippen LogP contribution is 2.32. The van der Waals surface area contributed by atoms with Crippen LogP contribution in [0.1, 0.15) is 22.5 Å². The molecule has 0 bridgehead atoms. The molecule has 37 heavy (non-hydrogen) atoms. The zero-order valence-corrected chi connectivity index (χ0v) is 20.4. The number of rotatable bonds is 5. The molecule has 1 aromatic heterocycles. The summed E-state index contributed by atoms with van der Waals surface area (Å²) >= 11 is 5.81. The summed E-state index contributed by atoms with van der Waals surface area (Å²) in [7, 11) is 0. The van der Waals surface area contributed by atoms with Crippen LogP contribution in [-0.4, -0.2) is 71.5 Å². The van der Waals surface area contributed by atoms with Gasteiger partial charge in [0.1, 0.15) is 11.5 Å². The largest absolute Gasteiger partial charge is 0.410 e. The number of anilines is 1. The van der Waals surface area contributed by atoms with Gasteiger partial charge in [0, 0.05) is 54.2 Å². The number of morpholine rings is 1. The van der Waals surface area contributed by atoms with Crippen molar-refractivity contribution in [3.8, 4) is 0 Å². The first kappa shape index (κ1) is 25.0. The summed E-state index contributed by atoms with van der Waals surface area (Å²) in [6.07, 6.45) is -1.18. The maximum Gasteiger partial charge on any atom is 0.410 e. The van der Waals surface area contributed by atoms with Crippen LogP contribution < -0.4 is 10.2 Å². The van der Waals surface area contributed by atoms with E-state index in [1.54, 1.807) is 29.2 Å². The average Bonchev–Trinajstić information content (AvgIpc) is 3.42. The number of carbonyl (C=O) groups excluding carboxylic acids is 3. The number of aromatic amines is 1. The van der Waals surface area contributed by atoms with Crippen molar-refractivity contribution in [1.29, 1.82) is 0 Å². The topological polar surface area (TPSA) is 124 Å². The van der Waals surface area contributed by atoms with Crippen LogP contribution in [0.25, 0.3) is 10.9 Å². The summed E-state index contributed by atoms with van der Waals surface area (Å²) in [6.45, 7) is 2.02. The molecule has 0 saturated carbocycles. The Morgan fingerprint density at radius 2 is 1.95 bits per heavy atom. The lowest BCUT2D eigenvalue weighted by Gasteiger charge is -2.26. The molecule has 2 aliphatic rings. The Kier molecular flexibility index (Phi) is 6.76. The van der Waals surface area contributed by atoms with Crippen molar-refractivity contribution in [1.82, 2.24) is 15.2 Å². The minimum Gasteiger partial charge on any atom is -0.407 e. The zero-order chi connectivity index (χ0) is 26.2. The normalized spacial score (nSPS) is 19.9. The first-order valence-electron chi connectivity index (χ1n) is 11.7. The zero-order valence-electron chi connectivity index (χ0n) is 19.6. The van der Waals surface area contributed by atoms with E-state index < -0.39 is 23.6 Å². The Morgan fingerprint density at radius 3 is 2.70 bits per heavy atom. The van der Waals surface area contributed by atoms with Gasteiger partial charge in [0.15, 0.2) is 0 Å². The van der Waals surface area contributed by atoms with Gasteiger partial charge in [-0.15, -0.1) is 0 Å². The lowest BCUT2D eigenvalue weighted by atomic mass is 10.2. The van der Waals surface area contributed by atoms with Gasteiger partial charge in [-0.05, 0) is 48.0 Å². The number of alkyl carbamates (subject to hydrolysis) is 1. The molecule has 12 heteroatoms. The third-order valence-electron chi connectivity index (χ3n) is 6.32. The van der Waals surface area contributed by atoms with Crippen molar-refractivity contribution in [2.45, 2.75) is 18.8 Å². The minimum absolute atomic E-state index is 0.109. The average molecular weight is 531 g/mol. The van der Waals surface area contributed by atoms with Gasteiger partial charge in [0.25, 0.3) is 17.6 Å². The van der Waals surface area contributed by atoms with Crippen molar-refractivity contribution in [3.05, 3.63) is 64.6 Å². The Labute approximate surface area is 215 Å². The van der Waals surface area contributed by atoms with E-state index in [2.05, 4.69) is 10.3 Å². The van der Waals surface area contributed by atoms with E-state index in [4.69, 9.17) is 21.1 Å². The van der Waals surface area contributed by atoms with E-state index in [1.807, 2.05) is 0 Å². The van der Waals surface area contributed by atoms with Crippen molar-refractivity contribution in [2.24, 2.45) is 0 Å². The first-order chi connectivity index (χ1) is 17.7. The Bertz CT molecular complexity index is 1350. The molecule has 2 saturated heterocycles. The molecule has 2 fully saturated rings. The Balaban J connectivity index is 1.25. The summed E-state index contributed by atoms with van der Waals surface area (Å²) in [4.78, 5) is 44.2. The second-order valence-electron chi connectivity index (χ2n) is 8.87. The van der Waals surface area contributed by atoms with Crippen LogP contribution in [0, 0.1) is 5.82 Å². The highest BCUT2D eigenvalue weighted by Gasteiger charge is 2.49. The van der Waals surface area contributed by atoms with Gasteiger partial charge in [0.05, 0.1) is 13.2 Å². The fraction of sp³-hybridized carbons (Fsp3) is 0.320. The number of H-pyrrole nitrogens is 1. The molecule has 0 unspecified atom stereocenters. The van der Waals surface area contributed by atoms with Gasteiger partial charge in [-0.1, -0.05) is 11.6 Å². The molecule has 194 valence electrons. The maximum atomic E-state index is 13.5. The molecule has 1 atom stereocenters. The third-order valence-corrected chi connectivity index (χ3v) is 6.54. The maximum absolute atomic E-state index is 13.5. The number of hydrogen-bond acceptors (Lipinski definition) is 6. The number of hydrogen-bond donors (Lipinski definition) is 3. The number of aromatic nitrogens is 1. The van der Waals surface area contributed by atoms with E-state index in [0.29, 0.717) is 48.6 Å². The predicted octanol–water partition coefficient (Wildman–Crippen LogP) is 2.78. The number of aliphatic hydroxyl groups is 1. The van der Waals surface area contributed by atoms with Crippen molar-refractivity contribution in [3.63, 3.8) is 0 Å². The van der Waals surface area contributed by atoms with Gasteiger partial charge in [0.2, 0.25) is 0 Å². The highest BCUT2D eigenvalue weighted by atomic mass is 35.5. The van der Waals surface area contributed by atoms with Gasteiger partial charge >= 0.3 is 6.09 Å². The third kappa shape index (κ3) is 5.24. The first-order valence-corrected chi connectivity index (χ1v) is 12.1. The summed E-state index contributed by atoms with van der Waals surface area (Å²) in [5, 5.41) is 14.0. The fourth-order valence-corrected chi connectivity index (χ4v) is 4.68. The molecule has 2 aromatic carbocycles. The van der Waals surface area contributed by atoms with Crippen LogP contribution in [0.2, 0.25) is 5.02 Å². The molecular weight excluding hydrogens is 507 g/mol. The summed E-state index contributed by atoms with van der Waals surface area (Å²) in [5.41, 5.74) is 2.02. The fourth-order valence-electron chi connectivity index (χ4n) is 4.44. The van der Waals surface area contributed by atoms with Crippen LogP contribution in [0.3, 0.4) is 0 Å². The van der Waals surface area contributed by atoms with E-state index in [9.17, 15) is 23.9 Å². The summed E-state index contributed by atoms with van der Waals surface area (Å²) in [5.74, 6) is -3.84. The number of halogens is 2. The summed E-state index contributed by atoms with van der Waals surface area (Å²) in [6, 6.07) is 10.7. The molecule has 3 aromatic rings. The van der Waals surface area contributed by atoms with Crippen LogP contribution in [0.5, 0.6) is 0 Å².